The first-order chi connectivity index (χ1) is 2.00. The van der Waals surface area contributed by atoms with Crippen molar-refractivity contribution >= 4 is 206 Å². The Bertz CT molecular complexity index is 28.0. The second-order valence-electron chi connectivity index (χ2n) is 2.17. The Labute approximate surface area is 228 Å². The van der Waals surface area contributed by atoms with Gasteiger partial charge in [-0.2, -0.15) is 0 Å². The zero-order valence-corrected chi connectivity index (χ0v) is 3.95. The van der Waals surface area contributed by atoms with Crippen molar-refractivity contribution in [1.29, 1.82) is 0 Å². The molecule has 1 N–H and O–H groups in total. The molecule has 0 spiro atoms. The fourth-order valence-corrected chi connectivity index (χ4v) is 0. The van der Waals surface area contributed by atoms with Crippen molar-refractivity contribution in [3.63, 3.8) is 0 Å². The maximum atomic E-state index is 8.52. The summed E-state index contributed by atoms with van der Waals surface area (Å²) in [6, 6.07) is 0. The fraction of sp³-hybridized carbons (Fsp3) is 1.00. The third-order valence-electron chi connectivity index (χ3n) is 0. The molecule has 0 saturated carbocycles. The van der Waals surface area contributed by atoms with E-state index < -0.39 is 5.60 Å². The van der Waals surface area contributed by atoms with Gasteiger partial charge in [0.05, 0.1) is 5.60 Å². The molecular weight excluding hydrogens is 220 g/mol. The Kier molecular flexibility index (Phi) is 55.6. The van der Waals surface area contributed by atoms with Gasteiger partial charge in [-0.25, -0.2) is 0 Å². The molecule has 0 rings (SSSR count). The van der Waals surface area contributed by atoms with Crippen molar-refractivity contribution in [2.45, 2.75) is 26.4 Å². The van der Waals surface area contributed by atoms with Crippen LogP contribution in [0.4, 0.5) is 0 Å². The molecular formula is C4H14K4O. The second-order valence-corrected chi connectivity index (χ2v) is 2.17. The van der Waals surface area contributed by atoms with E-state index in [4.69, 9.17) is 5.11 Å². The molecule has 0 aliphatic carbocycles. The quantitative estimate of drug-likeness (QED) is 0.490. The molecule has 0 aromatic carbocycles. The van der Waals surface area contributed by atoms with Crippen LogP contribution < -0.4 is 0 Å². The van der Waals surface area contributed by atoms with Crippen LogP contribution in [0.5, 0.6) is 0 Å². The molecule has 1 nitrogen and oxygen atoms in total. The first-order valence-electron chi connectivity index (χ1n) is 1.72. The molecule has 9 heavy (non-hydrogen) atoms. The van der Waals surface area contributed by atoms with Gasteiger partial charge in [0.1, 0.15) is 0 Å². The van der Waals surface area contributed by atoms with E-state index in [9.17, 15) is 0 Å². The average Bonchev–Trinajstić information content (AvgIpc) is 0.722. The average molecular weight is 235 g/mol. The van der Waals surface area contributed by atoms with Crippen LogP contribution in [-0.4, -0.2) is 216 Å². The summed E-state index contributed by atoms with van der Waals surface area (Å²) in [5, 5.41) is 8.52. The molecule has 0 radical (unpaired) electrons. The Morgan fingerprint density at radius 2 is 0.778 bits per heavy atom. The summed E-state index contributed by atoms with van der Waals surface area (Å²) in [5.74, 6) is 0. The maximum absolute atomic E-state index is 8.52. The van der Waals surface area contributed by atoms with Gasteiger partial charge in [-0.15, -0.1) is 0 Å². The topological polar surface area (TPSA) is 20.2 Å². The van der Waals surface area contributed by atoms with Crippen LogP contribution in [-0.2, 0) is 0 Å². The molecule has 0 bridgehead atoms. The first-order valence-corrected chi connectivity index (χ1v) is 1.72. The van der Waals surface area contributed by atoms with Gasteiger partial charge < -0.3 is 5.11 Å². The molecule has 0 atom stereocenters. The first kappa shape index (κ1) is 29.6. The SMILES string of the molecule is CC(C)(C)O.[KH].[KH].[KH].[KH]. The predicted octanol–water partition coefficient (Wildman–Crippen LogP) is -1.82. The zero-order valence-electron chi connectivity index (χ0n) is 3.95. The van der Waals surface area contributed by atoms with E-state index in [-0.39, 0.29) is 206 Å². The number of hydrogen-bond donors (Lipinski definition) is 1. The summed E-state index contributed by atoms with van der Waals surface area (Å²) in [4.78, 5) is 0. The molecule has 0 fully saturated rings. The van der Waals surface area contributed by atoms with Crippen molar-refractivity contribution in [2.24, 2.45) is 0 Å². The van der Waals surface area contributed by atoms with Gasteiger partial charge in [0.15, 0.2) is 0 Å². The van der Waals surface area contributed by atoms with Crippen LogP contribution in [0.1, 0.15) is 20.8 Å². The van der Waals surface area contributed by atoms with E-state index in [1.807, 2.05) is 0 Å². The molecule has 0 aliphatic rings. The van der Waals surface area contributed by atoms with Gasteiger partial charge in [-0.05, 0) is 20.8 Å². The van der Waals surface area contributed by atoms with Gasteiger partial charge >= 0.3 is 206 Å². The van der Waals surface area contributed by atoms with Crippen LogP contribution in [0.2, 0.25) is 0 Å². The molecule has 40 valence electrons. The van der Waals surface area contributed by atoms with Gasteiger partial charge in [-0.3, -0.25) is 0 Å². The molecule has 0 amide bonds. The van der Waals surface area contributed by atoms with Crippen LogP contribution in [0.3, 0.4) is 0 Å². The summed E-state index contributed by atoms with van der Waals surface area (Å²) in [6.45, 7) is 5.23. The summed E-state index contributed by atoms with van der Waals surface area (Å²) >= 11 is 0. The van der Waals surface area contributed by atoms with Crippen LogP contribution in [0.15, 0.2) is 0 Å². The summed E-state index contributed by atoms with van der Waals surface area (Å²) < 4.78 is 0. The number of hydrogen-bond acceptors (Lipinski definition) is 1. The summed E-state index contributed by atoms with van der Waals surface area (Å²) in [5.41, 5.74) is -0.500. The van der Waals surface area contributed by atoms with E-state index in [0.717, 1.165) is 0 Å². The number of aliphatic hydroxyl groups is 1. The summed E-state index contributed by atoms with van der Waals surface area (Å²) in [7, 11) is 0. The molecule has 0 saturated heterocycles. The van der Waals surface area contributed by atoms with Crippen molar-refractivity contribution in [1.82, 2.24) is 0 Å². The Balaban J connectivity index is -0.0000000133. The Morgan fingerprint density at radius 3 is 0.778 bits per heavy atom. The van der Waals surface area contributed by atoms with Crippen LogP contribution in [0, 0.1) is 0 Å². The zero-order chi connectivity index (χ0) is 4.50. The molecule has 0 aromatic heterocycles. The van der Waals surface area contributed by atoms with Gasteiger partial charge in [0, 0.05) is 0 Å². The molecule has 0 aromatic rings. The van der Waals surface area contributed by atoms with Gasteiger partial charge in [0.25, 0.3) is 0 Å². The van der Waals surface area contributed by atoms with E-state index in [1.165, 1.54) is 0 Å². The summed E-state index contributed by atoms with van der Waals surface area (Å²) in [6.07, 6.45) is 0. The van der Waals surface area contributed by atoms with Gasteiger partial charge in [0.2, 0.25) is 0 Å². The number of rotatable bonds is 0. The monoisotopic (exact) mass is 234 g/mol. The predicted molar refractivity (Wildman–Crippen MR) is 50.6 cm³/mol. The van der Waals surface area contributed by atoms with Crippen molar-refractivity contribution in [2.75, 3.05) is 0 Å². The molecule has 0 heterocycles. The molecule has 5 heteroatoms. The Hall–Kier alpha value is 6.51. The van der Waals surface area contributed by atoms with E-state index in [2.05, 4.69) is 0 Å². The molecule has 0 aliphatic heterocycles. The van der Waals surface area contributed by atoms with Crippen molar-refractivity contribution in [3.05, 3.63) is 0 Å². The normalized spacial score (nSPS) is 6.67. The van der Waals surface area contributed by atoms with Gasteiger partial charge in [-0.1, -0.05) is 0 Å². The van der Waals surface area contributed by atoms with Crippen molar-refractivity contribution in [3.8, 4) is 0 Å². The Morgan fingerprint density at radius 1 is 0.778 bits per heavy atom. The van der Waals surface area contributed by atoms with E-state index in [0.29, 0.717) is 0 Å². The third-order valence-corrected chi connectivity index (χ3v) is 0. The molecule has 0 unspecified atom stereocenters. The van der Waals surface area contributed by atoms with E-state index >= 15 is 0 Å². The standard InChI is InChI=1S/C4H10O.4K.4H/c1-4(2,3)5;;;;;;;;/h5H,1-3H3;;;;;;;;. The van der Waals surface area contributed by atoms with E-state index in [1.54, 1.807) is 20.8 Å². The minimum atomic E-state index is -0.500. The van der Waals surface area contributed by atoms with Crippen molar-refractivity contribution < 1.29 is 5.11 Å². The minimum absolute atomic E-state index is 0. The second kappa shape index (κ2) is 16.9. The van der Waals surface area contributed by atoms with Crippen LogP contribution in [0.25, 0.3) is 0 Å². The fourth-order valence-electron chi connectivity index (χ4n) is 0. The van der Waals surface area contributed by atoms with Crippen LogP contribution >= 0.6 is 0 Å². The third kappa shape index (κ3) is 53.6.